The Morgan fingerprint density at radius 2 is 1.70 bits per heavy atom. The number of carbonyl (C=O) groups is 1. The molecule has 0 saturated heterocycles. The second kappa shape index (κ2) is 5.09. The molecule has 4 N–H and O–H groups in total. The number of amides is 2. The molecule has 0 radical (unpaired) electrons. The molecule has 1 fully saturated rings. The number of rotatable bonds is 4. The lowest BCUT2D eigenvalue weighted by atomic mass is 10.0. The van der Waals surface area contributed by atoms with Crippen LogP contribution in [0.5, 0.6) is 0 Å². The van der Waals surface area contributed by atoms with Crippen molar-refractivity contribution in [2.24, 2.45) is 22.5 Å². The molecule has 2 amide bonds. The molecule has 4 heteroatoms. The molecule has 1 aromatic carbocycles. The zero-order valence-electron chi connectivity index (χ0n) is 12.8. The monoisotopic (exact) mass is 275 g/mol. The Bertz CT molecular complexity index is 477. The Morgan fingerprint density at radius 3 is 2.15 bits per heavy atom. The second-order valence-electron chi connectivity index (χ2n) is 6.73. The van der Waals surface area contributed by atoms with Gasteiger partial charge in [0.1, 0.15) is 0 Å². The van der Waals surface area contributed by atoms with Crippen LogP contribution in [0.3, 0.4) is 0 Å². The molecule has 0 aromatic heterocycles. The van der Waals surface area contributed by atoms with Crippen molar-refractivity contribution in [2.75, 3.05) is 11.9 Å². The number of nitrogens with two attached hydrogens (primary N) is 1. The summed E-state index contributed by atoms with van der Waals surface area (Å²) < 4.78 is 0. The number of carbonyl (C=O) groups excluding carboxylic acids is 1. The molecule has 1 aliphatic carbocycles. The van der Waals surface area contributed by atoms with Crippen LogP contribution in [0.2, 0.25) is 0 Å². The summed E-state index contributed by atoms with van der Waals surface area (Å²) in [6.07, 6.45) is 0. The summed E-state index contributed by atoms with van der Waals surface area (Å²) in [5.74, 6) is 0.528. The summed E-state index contributed by atoms with van der Waals surface area (Å²) in [5, 5.41) is 5.80. The number of hydrogen-bond donors (Lipinski definition) is 3. The van der Waals surface area contributed by atoms with Gasteiger partial charge in [-0.25, -0.2) is 4.79 Å². The van der Waals surface area contributed by atoms with Crippen molar-refractivity contribution in [3.8, 4) is 0 Å². The summed E-state index contributed by atoms with van der Waals surface area (Å²) in [7, 11) is 0. The van der Waals surface area contributed by atoms with E-state index in [0.717, 1.165) is 11.3 Å². The third-order valence-corrected chi connectivity index (χ3v) is 5.23. The molecule has 0 aliphatic heterocycles. The highest BCUT2D eigenvalue weighted by molar-refractivity contribution is 5.89. The van der Waals surface area contributed by atoms with Gasteiger partial charge in [-0.15, -0.1) is 0 Å². The van der Waals surface area contributed by atoms with E-state index in [1.165, 1.54) is 0 Å². The minimum Gasteiger partial charge on any atom is -0.338 e. The van der Waals surface area contributed by atoms with E-state index in [9.17, 15) is 4.79 Å². The zero-order valence-corrected chi connectivity index (χ0v) is 12.8. The quantitative estimate of drug-likeness (QED) is 0.791. The molecule has 0 atom stereocenters. The van der Waals surface area contributed by atoms with E-state index < -0.39 is 0 Å². The van der Waals surface area contributed by atoms with E-state index in [-0.39, 0.29) is 6.03 Å². The number of nitrogens with one attached hydrogen (secondary N) is 2. The molecule has 1 saturated carbocycles. The van der Waals surface area contributed by atoms with Gasteiger partial charge in [-0.05, 0) is 34.4 Å². The Balaban J connectivity index is 1.81. The maximum Gasteiger partial charge on any atom is 0.319 e. The molecule has 0 spiro atoms. The number of anilines is 1. The molecular weight excluding hydrogens is 250 g/mol. The van der Waals surface area contributed by atoms with Gasteiger partial charge < -0.3 is 16.4 Å². The van der Waals surface area contributed by atoms with Crippen molar-refractivity contribution in [1.29, 1.82) is 0 Å². The molecule has 0 bridgehead atoms. The van der Waals surface area contributed by atoms with Crippen LogP contribution in [0, 0.1) is 16.7 Å². The summed E-state index contributed by atoms with van der Waals surface area (Å²) in [5.41, 5.74) is 7.97. The maximum atomic E-state index is 11.9. The number of urea groups is 1. The van der Waals surface area contributed by atoms with Crippen LogP contribution in [0.25, 0.3) is 0 Å². The second-order valence-corrected chi connectivity index (χ2v) is 6.73. The van der Waals surface area contributed by atoms with Crippen LogP contribution >= 0.6 is 0 Å². The Hall–Kier alpha value is -1.55. The first kappa shape index (κ1) is 14.9. The highest BCUT2D eigenvalue weighted by Crippen LogP contribution is 2.67. The van der Waals surface area contributed by atoms with E-state index in [1.807, 2.05) is 24.3 Å². The largest absolute Gasteiger partial charge is 0.338 e. The number of hydrogen-bond acceptors (Lipinski definition) is 2. The molecular formula is C16H25N3O. The molecule has 1 aromatic rings. The highest BCUT2D eigenvalue weighted by Gasteiger charge is 2.64. The van der Waals surface area contributed by atoms with Gasteiger partial charge in [0.25, 0.3) is 0 Å². The van der Waals surface area contributed by atoms with Crippen molar-refractivity contribution >= 4 is 11.7 Å². The fourth-order valence-corrected chi connectivity index (χ4v) is 2.94. The molecule has 0 unspecified atom stereocenters. The van der Waals surface area contributed by atoms with E-state index in [0.29, 0.717) is 29.8 Å². The van der Waals surface area contributed by atoms with E-state index in [2.05, 4.69) is 38.3 Å². The first-order chi connectivity index (χ1) is 9.29. The summed E-state index contributed by atoms with van der Waals surface area (Å²) in [6, 6.07) is 7.43. The average molecular weight is 275 g/mol. The molecule has 0 heterocycles. The maximum absolute atomic E-state index is 11.9. The Kier molecular flexibility index (Phi) is 3.78. The van der Waals surface area contributed by atoms with Crippen molar-refractivity contribution in [3.05, 3.63) is 29.8 Å². The fourth-order valence-electron chi connectivity index (χ4n) is 2.94. The van der Waals surface area contributed by atoms with Gasteiger partial charge in [-0.1, -0.05) is 39.8 Å². The zero-order chi connectivity index (χ0) is 15.0. The van der Waals surface area contributed by atoms with Crippen LogP contribution in [0.1, 0.15) is 33.3 Å². The van der Waals surface area contributed by atoms with Crippen molar-refractivity contribution < 1.29 is 4.79 Å². The molecule has 4 nitrogen and oxygen atoms in total. The van der Waals surface area contributed by atoms with Crippen LogP contribution < -0.4 is 16.4 Å². The van der Waals surface area contributed by atoms with E-state index in [1.54, 1.807) is 0 Å². The molecule has 110 valence electrons. The molecule has 2 rings (SSSR count). The highest BCUT2D eigenvalue weighted by atomic mass is 16.2. The smallest absolute Gasteiger partial charge is 0.319 e. The standard InChI is InChI=1S/C16H25N3O/c1-15(2)13(16(15,3)4)10-18-14(20)19-12-7-5-11(9-17)6-8-12/h5-8,13H,9-10,17H2,1-4H3,(H2,18,19,20). The molecule has 20 heavy (non-hydrogen) atoms. The van der Waals surface area contributed by atoms with Crippen molar-refractivity contribution in [1.82, 2.24) is 5.32 Å². The van der Waals surface area contributed by atoms with Crippen LogP contribution in [0.4, 0.5) is 10.5 Å². The Morgan fingerprint density at radius 1 is 1.15 bits per heavy atom. The first-order valence-electron chi connectivity index (χ1n) is 7.13. The van der Waals surface area contributed by atoms with Crippen LogP contribution in [0.15, 0.2) is 24.3 Å². The molecule has 1 aliphatic rings. The van der Waals surface area contributed by atoms with Gasteiger partial charge in [0.15, 0.2) is 0 Å². The lowest BCUT2D eigenvalue weighted by molar-refractivity contribution is 0.251. The Labute approximate surface area is 121 Å². The third-order valence-electron chi connectivity index (χ3n) is 5.23. The van der Waals surface area contributed by atoms with Gasteiger partial charge in [0.05, 0.1) is 0 Å². The van der Waals surface area contributed by atoms with Gasteiger partial charge in [-0.3, -0.25) is 0 Å². The first-order valence-corrected chi connectivity index (χ1v) is 7.13. The predicted molar refractivity (Wildman–Crippen MR) is 82.4 cm³/mol. The van der Waals surface area contributed by atoms with Crippen molar-refractivity contribution in [3.63, 3.8) is 0 Å². The summed E-state index contributed by atoms with van der Waals surface area (Å²) in [6.45, 7) is 10.2. The topological polar surface area (TPSA) is 67.2 Å². The SMILES string of the molecule is CC1(C)C(CNC(=O)Nc2ccc(CN)cc2)C1(C)C. The van der Waals surface area contributed by atoms with Gasteiger partial charge >= 0.3 is 6.03 Å². The normalized spacial score (nSPS) is 19.4. The minimum atomic E-state index is -0.149. The van der Waals surface area contributed by atoms with Gasteiger partial charge in [0.2, 0.25) is 0 Å². The van der Waals surface area contributed by atoms with Crippen LogP contribution in [-0.4, -0.2) is 12.6 Å². The average Bonchev–Trinajstić information content (AvgIpc) is 2.78. The summed E-state index contributed by atoms with van der Waals surface area (Å²) in [4.78, 5) is 11.9. The summed E-state index contributed by atoms with van der Waals surface area (Å²) >= 11 is 0. The minimum absolute atomic E-state index is 0.149. The number of benzene rings is 1. The van der Waals surface area contributed by atoms with Crippen molar-refractivity contribution in [2.45, 2.75) is 34.2 Å². The van der Waals surface area contributed by atoms with E-state index >= 15 is 0 Å². The van der Waals surface area contributed by atoms with Gasteiger partial charge in [-0.2, -0.15) is 0 Å². The third kappa shape index (κ3) is 2.66. The van der Waals surface area contributed by atoms with Crippen LogP contribution in [-0.2, 0) is 6.54 Å². The fraction of sp³-hybridized carbons (Fsp3) is 0.562. The lowest BCUT2D eigenvalue weighted by Gasteiger charge is -2.09. The predicted octanol–water partition coefficient (Wildman–Crippen LogP) is 2.95. The van der Waals surface area contributed by atoms with E-state index in [4.69, 9.17) is 5.73 Å². The van der Waals surface area contributed by atoms with Gasteiger partial charge in [0, 0.05) is 18.8 Å². The lowest BCUT2D eigenvalue weighted by Crippen LogP contribution is -2.31.